The highest BCUT2D eigenvalue weighted by atomic mass is 35.5. The molecule has 0 aromatic heterocycles. The van der Waals surface area contributed by atoms with Crippen LogP contribution in [0.3, 0.4) is 0 Å². The zero-order valence-electron chi connectivity index (χ0n) is 12.2. The van der Waals surface area contributed by atoms with Crippen LogP contribution in [-0.4, -0.2) is 29.3 Å². The Hall–Kier alpha value is -0.930. The van der Waals surface area contributed by atoms with E-state index in [1.54, 1.807) is 6.07 Å². The first-order chi connectivity index (χ1) is 10.1. The summed E-state index contributed by atoms with van der Waals surface area (Å²) < 4.78 is 13.1. The highest BCUT2D eigenvalue weighted by Gasteiger charge is 2.46. The summed E-state index contributed by atoms with van der Waals surface area (Å²) in [5, 5.41) is 0.359. The van der Waals surface area contributed by atoms with Crippen LogP contribution >= 0.6 is 11.6 Å². The minimum absolute atomic E-state index is 0.260. The van der Waals surface area contributed by atoms with Gasteiger partial charge in [-0.15, -0.1) is 0 Å². The molecular formula is C17H21ClFNO. The van der Waals surface area contributed by atoms with Crippen molar-refractivity contribution in [2.45, 2.75) is 50.5 Å². The first-order valence-electron chi connectivity index (χ1n) is 7.84. The number of rotatable bonds is 4. The number of hydrogen-bond donors (Lipinski definition) is 0. The minimum Gasteiger partial charge on any atom is -0.297 e. The molecule has 0 N–H and O–H groups in total. The van der Waals surface area contributed by atoms with E-state index in [0.29, 0.717) is 11.4 Å². The first-order valence-corrected chi connectivity index (χ1v) is 8.22. The summed E-state index contributed by atoms with van der Waals surface area (Å²) >= 11 is 6.08. The van der Waals surface area contributed by atoms with Crippen LogP contribution in [0.15, 0.2) is 18.2 Å². The molecule has 4 heteroatoms. The maximum atomic E-state index is 13.1. The van der Waals surface area contributed by atoms with Crippen LogP contribution in [-0.2, 0) is 11.2 Å². The molecule has 1 aromatic carbocycles. The molecule has 0 unspecified atom stereocenters. The van der Waals surface area contributed by atoms with Gasteiger partial charge in [-0.3, -0.25) is 9.69 Å². The van der Waals surface area contributed by atoms with Gasteiger partial charge in [-0.05, 0) is 56.5 Å². The van der Waals surface area contributed by atoms with Gasteiger partial charge < -0.3 is 0 Å². The van der Waals surface area contributed by atoms with Crippen molar-refractivity contribution in [1.29, 1.82) is 0 Å². The Balaban J connectivity index is 1.81. The molecule has 1 aliphatic heterocycles. The van der Waals surface area contributed by atoms with Gasteiger partial charge >= 0.3 is 0 Å². The Kier molecular flexibility index (Phi) is 4.32. The number of hydrogen-bond acceptors (Lipinski definition) is 2. The number of halogens is 2. The molecular weight excluding hydrogens is 289 g/mol. The maximum Gasteiger partial charge on any atom is 0.157 e. The van der Waals surface area contributed by atoms with Gasteiger partial charge in [-0.25, -0.2) is 4.39 Å². The predicted octanol–water partition coefficient (Wildman–Crippen LogP) is 4.00. The average Bonchev–Trinajstić information content (AvgIpc) is 3.11. The number of likely N-dealkylation sites (tertiary alicyclic amines) is 1. The fraction of sp³-hybridized carbons (Fsp3) is 0.588. The van der Waals surface area contributed by atoms with E-state index < -0.39 is 0 Å². The monoisotopic (exact) mass is 309 g/mol. The highest BCUT2D eigenvalue weighted by molar-refractivity contribution is 6.31. The number of Topliss-reactive ketones (excluding diaryl/α,β-unsaturated/α-hetero) is 1. The Bertz CT molecular complexity index is 534. The average molecular weight is 310 g/mol. The molecule has 1 aromatic rings. The van der Waals surface area contributed by atoms with Gasteiger partial charge in [0.1, 0.15) is 5.82 Å². The van der Waals surface area contributed by atoms with E-state index in [1.807, 2.05) is 0 Å². The topological polar surface area (TPSA) is 20.3 Å². The molecule has 0 atom stereocenters. The normalized spacial score (nSPS) is 21.8. The smallest absolute Gasteiger partial charge is 0.157 e. The largest absolute Gasteiger partial charge is 0.297 e. The van der Waals surface area contributed by atoms with Crippen molar-refractivity contribution in [3.63, 3.8) is 0 Å². The molecule has 2 fully saturated rings. The van der Waals surface area contributed by atoms with Crippen LogP contribution in [0.25, 0.3) is 0 Å². The molecule has 2 aliphatic rings. The van der Waals surface area contributed by atoms with Crippen molar-refractivity contribution in [2.75, 3.05) is 13.1 Å². The van der Waals surface area contributed by atoms with E-state index in [-0.39, 0.29) is 17.1 Å². The molecule has 1 saturated heterocycles. The Morgan fingerprint density at radius 2 is 1.86 bits per heavy atom. The number of carbonyl (C=O) groups excluding carboxylic acids is 1. The summed E-state index contributed by atoms with van der Waals surface area (Å²) in [5.41, 5.74) is 0.461. The lowest BCUT2D eigenvalue weighted by Gasteiger charge is -2.37. The Morgan fingerprint density at radius 1 is 1.19 bits per heavy atom. The van der Waals surface area contributed by atoms with Crippen LogP contribution in [0.5, 0.6) is 0 Å². The van der Waals surface area contributed by atoms with E-state index in [9.17, 15) is 9.18 Å². The molecule has 0 bridgehead atoms. The van der Waals surface area contributed by atoms with Crippen LogP contribution in [0.1, 0.15) is 44.1 Å². The van der Waals surface area contributed by atoms with Crippen LogP contribution < -0.4 is 0 Å². The van der Waals surface area contributed by atoms with Crippen molar-refractivity contribution < 1.29 is 9.18 Å². The quantitative estimate of drug-likeness (QED) is 0.838. The fourth-order valence-electron chi connectivity index (χ4n) is 3.88. The molecule has 21 heavy (non-hydrogen) atoms. The molecule has 1 heterocycles. The number of nitrogens with zero attached hydrogens (tertiary/aromatic N) is 1. The molecule has 0 radical (unpaired) electrons. The highest BCUT2D eigenvalue weighted by Crippen LogP contribution is 2.39. The standard InChI is InChI=1S/C17H21ClFNO/c18-15-12-14(19)6-5-13(15)11-16(21)17(7-1-2-8-17)20-9-3-4-10-20/h5-6,12H,1-4,7-11H2. The molecule has 0 amide bonds. The number of benzene rings is 1. The van der Waals surface area contributed by atoms with Gasteiger partial charge in [0.05, 0.1) is 5.54 Å². The van der Waals surface area contributed by atoms with Crippen molar-refractivity contribution >= 4 is 17.4 Å². The Labute approximate surface area is 130 Å². The van der Waals surface area contributed by atoms with Crippen molar-refractivity contribution in [3.05, 3.63) is 34.6 Å². The van der Waals surface area contributed by atoms with Gasteiger partial charge in [0, 0.05) is 11.4 Å². The fourth-order valence-corrected chi connectivity index (χ4v) is 4.11. The lowest BCUT2D eigenvalue weighted by atomic mass is 9.86. The third-order valence-electron chi connectivity index (χ3n) is 5.03. The van der Waals surface area contributed by atoms with Crippen molar-refractivity contribution in [3.8, 4) is 0 Å². The number of carbonyl (C=O) groups is 1. The van der Waals surface area contributed by atoms with Crippen LogP contribution in [0.2, 0.25) is 5.02 Å². The minimum atomic E-state index is -0.355. The van der Waals surface area contributed by atoms with Crippen LogP contribution in [0.4, 0.5) is 4.39 Å². The molecule has 3 rings (SSSR count). The van der Waals surface area contributed by atoms with Gasteiger partial charge in [0.15, 0.2) is 5.78 Å². The summed E-state index contributed by atoms with van der Waals surface area (Å²) in [6, 6.07) is 4.31. The van der Waals surface area contributed by atoms with Crippen molar-refractivity contribution in [2.24, 2.45) is 0 Å². The third kappa shape index (κ3) is 2.86. The molecule has 2 nitrogen and oxygen atoms in total. The van der Waals surface area contributed by atoms with E-state index in [4.69, 9.17) is 11.6 Å². The summed E-state index contributed by atoms with van der Waals surface area (Å²) in [7, 11) is 0. The molecule has 0 spiro atoms. The van der Waals surface area contributed by atoms with E-state index in [1.165, 1.54) is 25.0 Å². The summed E-state index contributed by atoms with van der Waals surface area (Å²) in [4.78, 5) is 15.4. The maximum absolute atomic E-state index is 13.1. The summed E-state index contributed by atoms with van der Waals surface area (Å²) in [5.74, 6) is -0.0956. The first kappa shape index (κ1) is 15.0. The lowest BCUT2D eigenvalue weighted by Crippen LogP contribution is -2.52. The van der Waals surface area contributed by atoms with Crippen molar-refractivity contribution in [1.82, 2.24) is 4.90 Å². The Morgan fingerprint density at radius 3 is 2.48 bits per heavy atom. The zero-order chi connectivity index (χ0) is 14.9. The van der Waals surface area contributed by atoms with E-state index in [2.05, 4.69) is 4.90 Å². The van der Waals surface area contributed by atoms with Gasteiger partial charge in [0.25, 0.3) is 0 Å². The zero-order valence-corrected chi connectivity index (χ0v) is 13.0. The second kappa shape index (κ2) is 6.05. The SMILES string of the molecule is O=C(Cc1ccc(F)cc1Cl)C1(N2CCCC2)CCCC1. The number of ketones is 1. The summed E-state index contributed by atoms with van der Waals surface area (Å²) in [6.07, 6.45) is 6.86. The van der Waals surface area contributed by atoms with E-state index in [0.717, 1.165) is 44.3 Å². The second-order valence-electron chi connectivity index (χ2n) is 6.27. The third-order valence-corrected chi connectivity index (χ3v) is 5.38. The van der Waals surface area contributed by atoms with Gasteiger partial charge in [-0.2, -0.15) is 0 Å². The van der Waals surface area contributed by atoms with Crippen LogP contribution in [0, 0.1) is 5.82 Å². The predicted molar refractivity (Wildman–Crippen MR) is 82.1 cm³/mol. The molecule has 1 saturated carbocycles. The molecule has 114 valence electrons. The summed E-state index contributed by atoms with van der Waals surface area (Å²) in [6.45, 7) is 2.06. The molecule has 1 aliphatic carbocycles. The van der Waals surface area contributed by atoms with Gasteiger partial charge in [0.2, 0.25) is 0 Å². The van der Waals surface area contributed by atoms with Gasteiger partial charge in [-0.1, -0.05) is 30.5 Å². The van der Waals surface area contributed by atoms with E-state index >= 15 is 0 Å². The second-order valence-corrected chi connectivity index (χ2v) is 6.68. The lowest BCUT2D eigenvalue weighted by molar-refractivity contribution is -0.129.